The molecule has 1 amide bonds. The van der Waals surface area contributed by atoms with Crippen LogP contribution in [0.3, 0.4) is 0 Å². The second-order valence-electron chi connectivity index (χ2n) is 3.99. The molecule has 6 heteroatoms. The Morgan fingerprint density at radius 3 is 2.45 bits per heavy atom. The number of para-hydroxylation sites is 1. The summed E-state index contributed by atoms with van der Waals surface area (Å²) in [7, 11) is 0. The summed E-state index contributed by atoms with van der Waals surface area (Å²) >= 11 is 4.87. The molecular weight excluding hydrogens is 282 g/mol. The van der Waals surface area contributed by atoms with Crippen molar-refractivity contribution in [2.45, 2.75) is 0 Å². The Hall–Kier alpha value is -2.34. The smallest absolute Gasteiger partial charge is 0.255 e. The molecule has 2 rings (SSSR count). The average molecular weight is 292 g/mol. The highest BCUT2D eigenvalue weighted by Crippen LogP contribution is 2.17. The van der Waals surface area contributed by atoms with Crippen molar-refractivity contribution in [3.63, 3.8) is 0 Å². The molecule has 0 aliphatic heterocycles. The lowest BCUT2D eigenvalue weighted by molar-refractivity contribution is 0.102. The normalized spacial score (nSPS) is 10.1. The molecule has 0 saturated heterocycles. The Morgan fingerprint density at radius 2 is 1.80 bits per heavy atom. The maximum Gasteiger partial charge on any atom is 0.255 e. The largest absolute Gasteiger partial charge is 0.389 e. The molecule has 0 heterocycles. The maximum absolute atomic E-state index is 13.1. The van der Waals surface area contributed by atoms with Crippen LogP contribution in [0.15, 0.2) is 42.5 Å². The van der Waals surface area contributed by atoms with E-state index in [-0.39, 0.29) is 10.6 Å². The first kappa shape index (κ1) is 14.1. The second kappa shape index (κ2) is 5.75. The van der Waals surface area contributed by atoms with Crippen molar-refractivity contribution in [3.8, 4) is 0 Å². The van der Waals surface area contributed by atoms with E-state index in [1.54, 1.807) is 24.3 Å². The van der Waals surface area contributed by atoms with Gasteiger partial charge in [0.25, 0.3) is 5.91 Å². The number of halogens is 2. The molecule has 0 aliphatic rings. The summed E-state index contributed by atoms with van der Waals surface area (Å²) < 4.78 is 25.9. The minimum Gasteiger partial charge on any atom is -0.389 e. The summed E-state index contributed by atoms with van der Waals surface area (Å²) in [5.74, 6) is -2.67. The SMILES string of the molecule is NC(=S)c1ccccc1NC(=O)c1ccc(F)c(F)c1. The van der Waals surface area contributed by atoms with Gasteiger partial charge in [-0.3, -0.25) is 4.79 Å². The number of rotatable bonds is 3. The molecule has 0 radical (unpaired) electrons. The molecule has 102 valence electrons. The zero-order valence-corrected chi connectivity index (χ0v) is 11.0. The van der Waals surface area contributed by atoms with Gasteiger partial charge >= 0.3 is 0 Å². The van der Waals surface area contributed by atoms with Gasteiger partial charge in [-0.05, 0) is 30.3 Å². The van der Waals surface area contributed by atoms with Crippen molar-refractivity contribution in [3.05, 3.63) is 65.2 Å². The van der Waals surface area contributed by atoms with Crippen LogP contribution in [-0.4, -0.2) is 10.9 Å². The zero-order valence-electron chi connectivity index (χ0n) is 10.2. The van der Waals surface area contributed by atoms with Gasteiger partial charge in [0.1, 0.15) is 4.99 Å². The predicted molar refractivity (Wildman–Crippen MR) is 76.6 cm³/mol. The van der Waals surface area contributed by atoms with Crippen molar-refractivity contribution >= 4 is 28.8 Å². The van der Waals surface area contributed by atoms with Crippen LogP contribution in [0, 0.1) is 11.6 Å². The third kappa shape index (κ3) is 2.97. The number of thiocarbonyl (C=S) groups is 1. The Morgan fingerprint density at radius 1 is 1.10 bits per heavy atom. The van der Waals surface area contributed by atoms with E-state index in [9.17, 15) is 13.6 Å². The molecule has 3 N–H and O–H groups in total. The van der Waals surface area contributed by atoms with E-state index >= 15 is 0 Å². The Labute approximate surface area is 119 Å². The number of carbonyl (C=O) groups is 1. The molecule has 2 aromatic carbocycles. The minimum atomic E-state index is -1.08. The van der Waals surface area contributed by atoms with Crippen molar-refractivity contribution in [2.24, 2.45) is 5.73 Å². The van der Waals surface area contributed by atoms with Crippen LogP contribution in [0.25, 0.3) is 0 Å². The van der Waals surface area contributed by atoms with Crippen LogP contribution in [0.1, 0.15) is 15.9 Å². The molecule has 0 aliphatic carbocycles. The van der Waals surface area contributed by atoms with E-state index in [0.717, 1.165) is 12.1 Å². The molecule has 0 bridgehead atoms. The monoisotopic (exact) mass is 292 g/mol. The average Bonchev–Trinajstić information content (AvgIpc) is 2.42. The van der Waals surface area contributed by atoms with Crippen LogP contribution in [0.5, 0.6) is 0 Å². The molecule has 0 spiro atoms. The van der Waals surface area contributed by atoms with Crippen LogP contribution in [-0.2, 0) is 0 Å². The van der Waals surface area contributed by atoms with Crippen molar-refractivity contribution in [1.82, 2.24) is 0 Å². The molecule has 20 heavy (non-hydrogen) atoms. The summed E-state index contributed by atoms with van der Waals surface area (Å²) in [6, 6.07) is 9.61. The predicted octanol–water partition coefficient (Wildman–Crippen LogP) is 2.85. The Bertz CT molecular complexity index is 689. The molecule has 2 aromatic rings. The third-order valence-corrected chi connectivity index (χ3v) is 2.84. The lowest BCUT2D eigenvalue weighted by Crippen LogP contribution is -2.17. The summed E-state index contributed by atoms with van der Waals surface area (Å²) in [6.45, 7) is 0. The number of hydrogen-bond acceptors (Lipinski definition) is 2. The summed E-state index contributed by atoms with van der Waals surface area (Å²) in [5.41, 5.74) is 6.46. The number of hydrogen-bond donors (Lipinski definition) is 2. The summed E-state index contributed by atoms with van der Waals surface area (Å²) in [5, 5.41) is 2.56. The van der Waals surface area contributed by atoms with Gasteiger partial charge in [-0.15, -0.1) is 0 Å². The van der Waals surface area contributed by atoms with Crippen molar-refractivity contribution in [2.75, 3.05) is 5.32 Å². The van der Waals surface area contributed by atoms with Crippen LogP contribution in [0.4, 0.5) is 14.5 Å². The molecule has 0 fully saturated rings. The maximum atomic E-state index is 13.1. The minimum absolute atomic E-state index is 0.00152. The fourth-order valence-corrected chi connectivity index (χ4v) is 1.82. The molecule has 3 nitrogen and oxygen atoms in total. The van der Waals surface area contributed by atoms with E-state index in [1.165, 1.54) is 6.07 Å². The standard InChI is InChI=1S/C14H10F2N2OS/c15-10-6-5-8(7-11(10)16)14(19)18-12-4-2-1-3-9(12)13(17)20/h1-7H,(H2,17,20)(H,18,19). The topological polar surface area (TPSA) is 55.1 Å². The van der Waals surface area contributed by atoms with Crippen LogP contribution < -0.4 is 11.1 Å². The van der Waals surface area contributed by atoms with E-state index in [4.69, 9.17) is 18.0 Å². The van der Waals surface area contributed by atoms with Gasteiger partial charge in [0.2, 0.25) is 0 Å². The molecule has 0 aromatic heterocycles. The Kier molecular flexibility index (Phi) is 4.05. The van der Waals surface area contributed by atoms with Gasteiger partial charge in [-0.2, -0.15) is 0 Å². The molecular formula is C14H10F2N2OS. The number of benzene rings is 2. The highest BCUT2D eigenvalue weighted by molar-refractivity contribution is 7.80. The number of nitrogens with one attached hydrogen (secondary N) is 1. The van der Waals surface area contributed by atoms with Gasteiger partial charge in [0.05, 0.1) is 5.69 Å². The number of anilines is 1. The van der Waals surface area contributed by atoms with Gasteiger partial charge in [-0.25, -0.2) is 8.78 Å². The highest BCUT2D eigenvalue weighted by atomic mass is 32.1. The van der Waals surface area contributed by atoms with Crippen molar-refractivity contribution < 1.29 is 13.6 Å². The van der Waals surface area contributed by atoms with Crippen LogP contribution >= 0.6 is 12.2 Å². The van der Waals surface area contributed by atoms with E-state index in [2.05, 4.69) is 5.32 Å². The lowest BCUT2D eigenvalue weighted by atomic mass is 10.1. The second-order valence-corrected chi connectivity index (χ2v) is 4.43. The first-order valence-corrected chi connectivity index (χ1v) is 6.05. The Balaban J connectivity index is 2.28. The van der Waals surface area contributed by atoms with Crippen molar-refractivity contribution in [1.29, 1.82) is 0 Å². The van der Waals surface area contributed by atoms with Gasteiger partial charge in [-0.1, -0.05) is 24.4 Å². The molecule has 0 unspecified atom stereocenters. The lowest BCUT2D eigenvalue weighted by Gasteiger charge is -2.10. The third-order valence-electron chi connectivity index (χ3n) is 2.62. The number of amides is 1. The number of nitrogens with two attached hydrogens (primary N) is 1. The van der Waals surface area contributed by atoms with Gasteiger partial charge in [0.15, 0.2) is 11.6 Å². The first-order chi connectivity index (χ1) is 9.49. The van der Waals surface area contributed by atoms with Crippen LogP contribution in [0.2, 0.25) is 0 Å². The molecule has 0 saturated carbocycles. The first-order valence-electron chi connectivity index (χ1n) is 5.64. The quantitative estimate of drug-likeness (QED) is 0.855. The number of carbonyl (C=O) groups excluding carboxylic acids is 1. The fourth-order valence-electron chi connectivity index (χ4n) is 1.64. The summed E-state index contributed by atoms with van der Waals surface area (Å²) in [4.78, 5) is 12.1. The fraction of sp³-hybridized carbons (Fsp3) is 0. The van der Waals surface area contributed by atoms with E-state index in [0.29, 0.717) is 11.3 Å². The highest BCUT2D eigenvalue weighted by Gasteiger charge is 2.12. The van der Waals surface area contributed by atoms with E-state index in [1.807, 2.05) is 0 Å². The molecule has 0 atom stereocenters. The summed E-state index contributed by atoms with van der Waals surface area (Å²) in [6.07, 6.45) is 0. The van der Waals surface area contributed by atoms with Gasteiger partial charge < -0.3 is 11.1 Å². The van der Waals surface area contributed by atoms with Gasteiger partial charge in [0, 0.05) is 11.1 Å². The van der Waals surface area contributed by atoms with E-state index < -0.39 is 17.5 Å². The zero-order chi connectivity index (χ0) is 14.7.